The molecule has 0 radical (unpaired) electrons. The summed E-state index contributed by atoms with van der Waals surface area (Å²) in [5.41, 5.74) is 0.610. The number of halogens is 2. The second kappa shape index (κ2) is 7.46. The third kappa shape index (κ3) is 4.23. The quantitative estimate of drug-likeness (QED) is 0.922. The third-order valence-electron chi connectivity index (χ3n) is 4.30. The molecule has 5 nitrogen and oxygen atoms in total. The minimum Gasteiger partial charge on any atom is -0.506 e. The predicted molar refractivity (Wildman–Crippen MR) is 89.4 cm³/mol. The lowest BCUT2D eigenvalue weighted by atomic mass is 10.1. The van der Waals surface area contributed by atoms with E-state index in [1.807, 2.05) is 0 Å². The molecule has 1 aromatic heterocycles. The predicted octanol–water partition coefficient (Wildman–Crippen LogP) is 2.35. The standard InChI is InChI=1S/C18H19F2N3O2/c19-15-4-1-13(11-16(15)20)2-6-18(25)23-9-7-22(8-10-23)17-5-3-14(24)12-21-17/h1,3-5,11-12,24H,2,6-10H2. The van der Waals surface area contributed by atoms with Crippen molar-refractivity contribution in [1.82, 2.24) is 9.88 Å². The fourth-order valence-electron chi connectivity index (χ4n) is 2.85. The van der Waals surface area contributed by atoms with Crippen LogP contribution in [0.2, 0.25) is 0 Å². The van der Waals surface area contributed by atoms with Crippen LogP contribution in [0.5, 0.6) is 5.75 Å². The molecule has 3 rings (SSSR count). The molecule has 132 valence electrons. The zero-order chi connectivity index (χ0) is 17.8. The number of aromatic nitrogens is 1. The van der Waals surface area contributed by atoms with Gasteiger partial charge in [0.1, 0.15) is 11.6 Å². The number of benzene rings is 1. The number of pyridine rings is 1. The number of carbonyl (C=O) groups is 1. The highest BCUT2D eigenvalue weighted by Gasteiger charge is 2.21. The van der Waals surface area contributed by atoms with Gasteiger partial charge in [-0.15, -0.1) is 0 Å². The first-order valence-corrected chi connectivity index (χ1v) is 8.14. The molecule has 0 unspecified atom stereocenters. The molecule has 1 aliphatic heterocycles. The van der Waals surface area contributed by atoms with Gasteiger partial charge >= 0.3 is 0 Å². The van der Waals surface area contributed by atoms with Crippen molar-refractivity contribution in [1.29, 1.82) is 0 Å². The van der Waals surface area contributed by atoms with Crippen molar-refractivity contribution in [3.8, 4) is 5.75 Å². The topological polar surface area (TPSA) is 56.7 Å². The van der Waals surface area contributed by atoms with Crippen LogP contribution in [0.15, 0.2) is 36.5 Å². The van der Waals surface area contributed by atoms with E-state index in [2.05, 4.69) is 9.88 Å². The Labute approximate surface area is 144 Å². The van der Waals surface area contributed by atoms with Crippen molar-refractivity contribution in [2.75, 3.05) is 31.1 Å². The maximum absolute atomic E-state index is 13.2. The molecule has 0 atom stereocenters. The molecular formula is C18H19F2N3O2. The van der Waals surface area contributed by atoms with Crippen LogP contribution in [-0.4, -0.2) is 47.1 Å². The van der Waals surface area contributed by atoms with Crippen LogP contribution >= 0.6 is 0 Å². The Morgan fingerprint density at radius 3 is 2.48 bits per heavy atom. The molecule has 0 spiro atoms. The van der Waals surface area contributed by atoms with Crippen LogP contribution in [0.25, 0.3) is 0 Å². The van der Waals surface area contributed by atoms with Crippen LogP contribution in [0.4, 0.5) is 14.6 Å². The summed E-state index contributed by atoms with van der Waals surface area (Å²) in [5.74, 6) is -0.876. The average molecular weight is 347 g/mol. The molecule has 2 heterocycles. The van der Waals surface area contributed by atoms with Gasteiger partial charge in [-0.3, -0.25) is 4.79 Å². The number of aromatic hydroxyl groups is 1. The minimum atomic E-state index is -0.889. The van der Waals surface area contributed by atoms with E-state index < -0.39 is 11.6 Å². The van der Waals surface area contributed by atoms with E-state index in [0.717, 1.165) is 18.0 Å². The molecule has 1 N–H and O–H groups in total. The molecule has 0 aliphatic carbocycles. The molecule has 7 heteroatoms. The van der Waals surface area contributed by atoms with E-state index in [1.54, 1.807) is 17.0 Å². The summed E-state index contributed by atoms with van der Waals surface area (Å²) in [6, 6.07) is 7.05. The van der Waals surface area contributed by atoms with Gasteiger partial charge in [-0.05, 0) is 36.2 Å². The lowest BCUT2D eigenvalue weighted by Gasteiger charge is -2.35. The SMILES string of the molecule is O=C(CCc1ccc(F)c(F)c1)N1CCN(c2ccc(O)cn2)CC1. The molecule has 2 aromatic rings. The van der Waals surface area contributed by atoms with Crippen LogP contribution in [0.3, 0.4) is 0 Å². The maximum atomic E-state index is 13.2. The van der Waals surface area contributed by atoms with Gasteiger partial charge in [0, 0.05) is 32.6 Å². The van der Waals surface area contributed by atoms with E-state index >= 15 is 0 Å². The van der Waals surface area contributed by atoms with Crippen LogP contribution in [0.1, 0.15) is 12.0 Å². The van der Waals surface area contributed by atoms with Gasteiger partial charge in [0.05, 0.1) is 6.20 Å². The van der Waals surface area contributed by atoms with Crippen molar-refractivity contribution in [3.63, 3.8) is 0 Å². The Kier molecular flexibility index (Phi) is 5.11. The van der Waals surface area contributed by atoms with E-state index in [9.17, 15) is 18.7 Å². The Hall–Kier alpha value is -2.70. The number of hydrogen-bond donors (Lipinski definition) is 1. The molecule has 1 saturated heterocycles. The lowest BCUT2D eigenvalue weighted by Crippen LogP contribution is -2.49. The first kappa shape index (κ1) is 17.1. The molecule has 1 aliphatic rings. The summed E-state index contributed by atoms with van der Waals surface area (Å²) in [4.78, 5) is 20.3. The van der Waals surface area contributed by atoms with Crippen LogP contribution in [-0.2, 0) is 11.2 Å². The summed E-state index contributed by atoms with van der Waals surface area (Å²) >= 11 is 0. The minimum absolute atomic E-state index is 0.00282. The van der Waals surface area contributed by atoms with Gasteiger partial charge in [-0.1, -0.05) is 6.07 Å². The fraction of sp³-hybridized carbons (Fsp3) is 0.333. The van der Waals surface area contributed by atoms with Crippen molar-refractivity contribution in [2.24, 2.45) is 0 Å². The Balaban J connectivity index is 1.49. The lowest BCUT2D eigenvalue weighted by molar-refractivity contribution is -0.131. The summed E-state index contributed by atoms with van der Waals surface area (Å²) in [6.45, 7) is 2.49. The zero-order valence-electron chi connectivity index (χ0n) is 13.7. The summed E-state index contributed by atoms with van der Waals surface area (Å²) in [6.07, 6.45) is 2.05. The van der Waals surface area contributed by atoms with Gasteiger partial charge in [0.25, 0.3) is 0 Å². The number of anilines is 1. The highest BCUT2D eigenvalue weighted by atomic mass is 19.2. The maximum Gasteiger partial charge on any atom is 0.223 e. The van der Waals surface area contributed by atoms with E-state index in [4.69, 9.17) is 0 Å². The molecule has 1 fully saturated rings. The summed E-state index contributed by atoms with van der Waals surface area (Å²) in [5, 5.41) is 9.28. The van der Waals surface area contributed by atoms with Crippen molar-refractivity contribution < 1.29 is 18.7 Å². The first-order valence-electron chi connectivity index (χ1n) is 8.14. The number of nitrogens with zero attached hydrogens (tertiary/aromatic N) is 3. The Bertz CT molecular complexity index is 744. The van der Waals surface area contributed by atoms with Crippen LogP contribution in [0, 0.1) is 11.6 Å². The van der Waals surface area contributed by atoms with E-state index in [1.165, 1.54) is 12.3 Å². The number of piperazine rings is 1. The number of amides is 1. The zero-order valence-corrected chi connectivity index (χ0v) is 13.7. The van der Waals surface area contributed by atoms with Gasteiger partial charge in [0.2, 0.25) is 5.91 Å². The molecule has 0 saturated carbocycles. The second-order valence-corrected chi connectivity index (χ2v) is 5.99. The number of carbonyl (C=O) groups excluding carboxylic acids is 1. The Morgan fingerprint density at radius 2 is 1.84 bits per heavy atom. The Morgan fingerprint density at radius 1 is 1.08 bits per heavy atom. The second-order valence-electron chi connectivity index (χ2n) is 5.99. The largest absolute Gasteiger partial charge is 0.506 e. The van der Waals surface area contributed by atoms with E-state index in [-0.39, 0.29) is 18.1 Å². The average Bonchev–Trinajstić information content (AvgIpc) is 2.63. The molecule has 1 amide bonds. The number of aryl methyl sites for hydroxylation is 1. The van der Waals surface area contributed by atoms with E-state index in [0.29, 0.717) is 38.2 Å². The van der Waals surface area contributed by atoms with Gasteiger partial charge < -0.3 is 14.9 Å². The fourth-order valence-corrected chi connectivity index (χ4v) is 2.85. The highest BCUT2D eigenvalue weighted by molar-refractivity contribution is 5.76. The normalized spacial score (nSPS) is 14.6. The smallest absolute Gasteiger partial charge is 0.223 e. The number of hydrogen-bond acceptors (Lipinski definition) is 4. The molecule has 1 aromatic carbocycles. The third-order valence-corrected chi connectivity index (χ3v) is 4.30. The molecular weight excluding hydrogens is 328 g/mol. The number of rotatable bonds is 4. The van der Waals surface area contributed by atoms with Gasteiger partial charge in [0.15, 0.2) is 11.6 Å². The molecule has 0 bridgehead atoms. The first-order chi connectivity index (χ1) is 12.0. The monoisotopic (exact) mass is 347 g/mol. The van der Waals surface area contributed by atoms with Crippen molar-refractivity contribution in [3.05, 3.63) is 53.7 Å². The van der Waals surface area contributed by atoms with Crippen molar-refractivity contribution in [2.45, 2.75) is 12.8 Å². The molecule has 25 heavy (non-hydrogen) atoms. The van der Waals surface area contributed by atoms with Crippen LogP contribution < -0.4 is 4.90 Å². The summed E-state index contributed by atoms with van der Waals surface area (Å²) < 4.78 is 26.1. The van der Waals surface area contributed by atoms with Crippen molar-refractivity contribution >= 4 is 11.7 Å². The summed E-state index contributed by atoms with van der Waals surface area (Å²) in [7, 11) is 0. The van der Waals surface area contributed by atoms with Gasteiger partial charge in [-0.25, -0.2) is 13.8 Å². The van der Waals surface area contributed by atoms with Gasteiger partial charge in [-0.2, -0.15) is 0 Å². The highest BCUT2D eigenvalue weighted by Crippen LogP contribution is 2.17.